The SMILES string of the molecule is COC(=O)c1cc(-c2ccnc(C(Cc3ccccc3)NC(=O)C3CCC(C(N)C(=O)OC(C)(C)C)CC3)c2)ccc1N. The first kappa shape index (κ1) is 31.7. The number of nitrogens with zero attached hydrogens (tertiary/aromatic N) is 1. The molecular formula is C34H42N4O5. The highest BCUT2D eigenvalue weighted by atomic mass is 16.6. The summed E-state index contributed by atoms with van der Waals surface area (Å²) in [5.41, 5.74) is 15.7. The number of anilines is 1. The molecule has 4 rings (SSSR count). The number of carbonyl (C=O) groups is 3. The van der Waals surface area contributed by atoms with E-state index in [0.29, 0.717) is 43.5 Å². The number of carbonyl (C=O) groups excluding carboxylic acids is 3. The van der Waals surface area contributed by atoms with Crippen LogP contribution in [-0.4, -0.2) is 41.6 Å². The molecule has 1 aromatic heterocycles. The molecule has 1 fully saturated rings. The number of hydrogen-bond acceptors (Lipinski definition) is 8. The van der Waals surface area contributed by atoms with E-state index in [9.17, 15) is 14.4 Å². The second kappa shape index (κ2) is 13.8. The predicted octanol–water partition coefficient (Wildman–Crippen LogP) is 4.99. The Morgan fingerprint density at radius 3 is 2.30 bits per heavy atom. The summed E-state index contributed by atoms with van der Waals surface area (Å²) in [6.07, 6.45) is 4.88. The van der Waals surface area contributed by atoms with E-state index < -0.39 is 23.6 Å². The number of esters is 2. The minimum absolute atomic E-state index is 0.0212. The van der Waals surface area contributed by atoms with Crippen LogP contribution in [-0.2, 0) is 25.5 Å². The normalized spacial score (nSPS) is 18.3. The lowest BCUT2D eigenvalue weighted by Crippen LogP contribution is -2.45. The van der Waals surface area contributed by atoms with Crippen molar-refractivity contribution in [2.24, 2.45) is 17.6 Å². The van der Waals surface area contributed by atoms with Crippen LogP contribution in [0, 0.1) is 11.8 Å². The van der Waals surface area contributed by atoms with Crippen LogP contribution in [0.25, 0.3) is 11.1 Å². The zero-order valence-corrected chi connectivity index (χ0v) is 25.3. The van der Waals surface area contributed by atoms with Crippen molar-refractivity contribution in [3.63, 3.8) is 0 Å². The number of methoxy groups -OCH3 is 1. The first-order valence-corrected chi connectivity index (χ1v) is 14.7. The number of aromatic nitrogens is 1. The first-order valence-electron chi connectivity index (χ1n) is 14.7. The van der Waals surface area contributed by atoms with Gasteiger partial charge in [-0.05, 0) is 99.7 Å². The van der Waals surface area contributed by atoms with Crippen molar-refractivity contribution in [1.29, 1.82) is 0 Å². The minimum Gasteiger partial charge on any atom is -0.465 e. The van der Waals surface area contributed by atoms with Crippen LogP contribution < -0.4 is 16.8 Å². The third-order valence-corrected chi connectivity index (χ3v) is 7.86. The molecule has 0 bridgehead atoms. The molecule has 0 radical (unpaired) electrons. The largest absolute Gasteiger partial charge is 0.465 e. The molecule has 2 unspecified atom stereocenters. The number of hydrogen-bond donors (Lipinski definition) is 3. The average Bonchev–Trinajstić information content (AvgIpc) is 3.00. The van der Waals surface area contributed by atoms with Crippen molar-refractivity contribution >= 4 is 23.5 Å². The quantitative estimate of drug-likeness (QED) is 0.235. The second-order valence-corrected chi connectivity index (χ2v) is 12.2. The summed E-state index contributed by atoms with van der Waals surface area (Å²) in [6, 6.07) is 17.9. The molecule has 43 heavy (non-hydrogen) atoms. The van der Waals surface area contributed by atoms with Crippen LogP contribution in [0.15, 0.2) is 66.9 Å². The molecule has 9 heteroatoms. The standard InChI is InChI=1S/C34H42N4O5/c1-34(2,3)43-33(41)30(36)22-10-12-23(13-11-22)31(39)38-29(18-21-8-6-5-7-9-21)28-20-25(16-17-37-28)24-14-15-27(35)26(19-24)32(40)42-4/h5-9,14-17,19-20,22-23,29-30H,10-13,18,35-36H2,1-4H3,(H,38,39). The summed E-state index contributed by atoms with van der Waals surface area (Å²) in [6.45, 7) is 5.47. The van der Waals surface area contributed by atoms with Gasteiger partial charge in [-0.25, -0.2) is 4.79 Å². The Hall–Kier alpha value is -4.24. The Morgan fingerprint density at radius 2 is 1.65 bits per heavy atom. The summed E-state index contributed by atoms with van der Waals surface area (Å²) < 4.78 is 10.4. The molecule has 1 saturated carbocycles. The van der Waals surface area contributed by atoms with Crippen LogP contribution in [0.1, 0.15) is 74.1 Å². The Balaban J connectivity index is 1.51. The Bertz CT molecular complexity index is 1430. The van der Waals surface area contributed by atoms with E-state index in [1.54, 1.807) is 18.3 Å². The molecule has 1 heterocycles. The Morgan fingerprint density at radius 1 is 0.977 bits per heavy atom. The zero-order valence-electron chi connectivity index (χ0n) is 25.3. The van der Waals surface area contributed by atoms with Crippen molar-refractivity contribution in [1.82, 2.24) is 10.3 Å². The number of nitrogens with two attached hydrogens (primary N) is 2. The minimum atomic E-state index is -0.700. The maximum absolute atomic E-state index is 13.6. The summed E-state index contributed by atoms with van der Waals surface area (Å²) in [4.78, 5) is 42.9. The molecule has 2 atom stereocenters. The lowest BCUT2D eigenvalue weighted by molar-refractivity contribution is -0.158. The van der Waals surface area contributed by atoms with E-state index >= 15 is 0 Å². The van der Waals surface area contributed by atoms with E-state index in [1.165, 1.54) is 7.11 Å². The van der Waals surface area contributed by atoms with Gasteiger partial charge < -0.3 is 26.3 Å². The fourth-order valence-corrected chi connectivity index (χ4v) is 5.51. The summed E-state index contributed by atoms with van der Waals surface area (Å²) in [5.74, 6) is -1.16. The fourth-order valence-electron chi connectivity index (χ4n) is 5.51. The van der Waals surface area contributed by atoms with Crippen molar-refractivity contribution in [3.05, 3.63) is 83.7 Å². The number of nitrogens with one attached hydrogen (secondary N) is 1. The van der Waals surface area contributed by atoms with Crippen LogP contribution in [0.3, 0.4) is 0 Å². The molecule has 228 valence electrons. The molecule has 5 N–H and O–H groups in total. The Kier molecular flexibility index (Phi) is 10.2. The maximum Gasteiger partial charge on any atom is 0.339 e. The molecule has 0 aliphatic heterocycles. The maximum atomic E-state index is 13.6. The molecule has 3 aromatic rings. The van der Waals surface area contributed by atoms with Gasteiger partial charge in [0.1, 0.15) is 11.6 Å². The lowest BCUT2D eigenvalue weighted by atomic mass is 9.78. The smallest absolute Gasteiger partial charge is 0.339 e. The van der Waals surface area contributed by atoms with Gasteiger partial charge >= 0.3 is 11.9 Å². The first-order chi connectivity index (χ1) is 20.4. The molecule has 2 aromatic carbocycles. The van der Waals surface area contributed by atoms with Crippen molar-refractivity contribution in [2.45, 2.75) is 70.6 Å². The average molecular weight is 587 g/mol. The van der Waals surface area contributed by atoms with Crippen molar-refractivity contribution in [3.8, 4) is 11.1 Å². The number of benzene rings is 2. The predicted molar refractivity (Wildman–Crippen MR) is 166 cm³/mol. The van der Waals surface area contributed by atoms with Crippen molar-refractivity contribution in [2.75, 3.05) is 12.8 Å². The highest BCUT2D eigenvalue weighted by molar-refractivity contribution is 5.96. The van der Waals surface area contributed by atoms with E-state index in [2.05, 4.69) is 10.3 Å². The van der Waals surface area contributed by atoms with E-state index in [1.807, 2.05) is 69.3 Å². The monoisotopic (exact) mass is 586 g/mol. The number of nitrogen functional groups attached to an aromatic ring is 1. The van der Waals surface area contributed by atoms with Gasteiger partial charge in [0, 0.05) is 17.8 Å². The van der Waals surface area contributed by atoms with Gasteiger partial charge in [0.05, 0.1) is 24.4 Å². The van der Waals surface area contributed by atoms with Crippen LogP contribution in [0.2, 0.25) is 0 Å². The van der Waals surface area contributed by atoms with Gasteiger partial charge in [0.25, 0.3) is 0 Å². The van der Waals surface area contributed by atoms with Gasteiger partial charge in [0.15, 0.2) is 0 Å². The topological polar surface area (TPSA) is 147 Å². The van der Waals surface area contributed by atoms with Gasteiger partial charge in [-0.3, -0.25) is 14.6 Å². The molecule has 1 amide bonds. The van der Waals surface area contributed by atoms with E-state index in [-0.39, 0.29) is 29.3 Å². The number of amides is 1. The van der Waals surface area contributed by atoms with Gasteiger partial charge in [-0.1, -0.05) is 36.4 Å². The van der Waals surface area contributed by atoms with Gasteiger partial charge in [0.2, 0.25) is 5.91 Å². The molecule has 0 saturated heterocycles. The van der Waals surface area contributed by atoms with Gasteiger partial charge in [-0.2, -0.15) is 0 Å². The lowest BCUT2D eigenvalue weighted by Gasteiger charge is -2.32. The summed E-state index contributed by atoms with van der Waals surface area (Å²) >= 11 is 0. The van der Waals surface area contributed by atoms with Crippen LogP contribution >= 0.6 is 0 Å². The number of pyridine rings is 1. The molecule has 0 spiro atoms. The highest BCUT2D eigenvalue weighted by Gasteiger charge is 2.35. The zero-order chi connectivity index (χ0) is 31.1. The van der Waals surface area contributed by atoms with E-state index in [4.69, 9.17) is 20.9 Å². The molecule has 1 aliphatic carbocycles. The second-order valence-electron chi connectivity index (χ2n) is 12.2. The molecule has 9 nitrogen and oxygen atoms in total. The third-order valence-electron chi connectivity index (χ3n) is 7.86. The van der Waals surface area contributed by atoms with Crippen LogP contribution in [0.4, 0.5) is 5.69 Å². The number of ether oxygens (including phenoxy) is 2. The van der Waals surface area contributed by atoms with Crippen LogP contribution in [0.5, 0.6) is 0 Å². The number of rotatable bonds is 9. The highest BCUT2D eigenvalue weighted by Crippen LogP contribution is 2.33. The third kappa shape index (κ3) is 8.41. The Labute approximate surface area is 253 Å². The fraction of sp³-hybridized carbons (Fsp3) is 0.412. The summed E-state index contributed by atoms with van der Waals surface area (Å²) in [5, 5.41) is 3.26. The summed E-state index contributed by atoms with van der Waals surface area (Å²) in [7, 11) is 1.32. The molecule has 1 aliphatic rings. The van der Waals surface area contributed by atoms with Crippen molar-refractivity contribution < 1.29 is 23.9 Å². The molecular weight excluding hydrogens is 544 g/mol. The van der Waals surface area contributed by atoms with Gasteiger partial charge in [-0.15, -0.1) is 0 Å². The van der Waals surface area contributed by atoms with E-state index in [0.717, 1.165) is 16.7 Å².